The topological polar surface area (TPSA) is 85.3 Å². The van der Waals surface area contributed by atoms with E-state index in [1.54, 1.807) is 10.6 Å². The number of hydrogen-bond acceptors (Lipinski definition) is 6. The standard InChI is InChI=1S/C17H15N5O2S/c1-10-3-8-15-19-20-16(22(15)21-10)9-18-17(23)14-7-6-13(25-14)12-5-4-11(2)24-12/h3-8H,9H2,1-2H3,(H,18,23). The van der Waals surface area contributed by atoms with E-state index in [1.165, 1.54) is 11.3 Å². The predicted octanol–water partition coefficient (Wildman–Crippen LogP) is 2.99. The van der Waals surface area contributed by atoms with Gasteiger partial charge in [0.2, 0.25) is 0 Å². The molecule has 0 atom stereocenters. The van der Waals surface area contributed by atoms with Crippen molar-refractivity contribution < 1.29 is 9.21 Å². The highest BCUT2D eigenvalue weighted by atomic mass is 32.1. The maximum atomic E-state index is 12.4. The molecule has 25 heavy (non-hydrogen) atoms. The molecular weight excluding hydrogens is 338 g/mol. The van der Waals surface area contributed by atoms with Crippen molar-refractivity contribution in [2.45, 2.75) is 20.4 Å². The number of aryl methyl sites for hydroxylation is 2. The third-order valence-electron chi connectivity index (χ3n) is 3.68. The zero-order valence-corrected chi connectivity index (χ0v) is 14.5. The largest absolute Gasteiger partial charge is 0.461 e. The molecule has 7 nitrogen and oxygen atoms in total. The van der Waals surface area contributed by atoms with Crippen LogP contribution in [0.2, 0.25) is 0 Å². The first-order chi connectivity index (χ1) is 12.1. The maximum absolute atomic E-state index is 12.4. The van der Waals surface area contributed by atoms with Crippen LogP contribution in [0.25, 0.3) is 16.3 Å². The Bertz CT molecular complexity index is 1060. The van der Waals surface area contributed by atoms with E-state index in [0.29, 0.717) is 16.3 Å². The smallest absolute Gasteiger partial charge is 0.261 e. The lowest BCUT2D eigenvalue weighted by molar-refractivity contribution is 0.0953. The summed E-state index contributed by atoms with van der Waals surface area (Å²) >= 11 is 1.39. The third-order valence-corrected chi connectivity index (χ3v) is 4.78. The van der Waals surface area contributed by atoms with Gasteiger partial charge in [-0.2, -0.15) is 9.61 Å². The van der Waals surface area contributed by atoms with Crippen LogP contribution in [0.3, 0.4) is 0 Å². The monoisotopic (exact) mass is 353 g/mol. The molecule has 0 saturated heterocycles. The molecule has 0 fully saturated rings. The number of thiophene rings is 1. The zero-order valence-electron chi connectivity index (χ0n) is 13.7. The first kappa shape index (κ1) is 15.5. The highest BCUT2D eigenvalue weighted by molar-refractivity contribution is 7.17. The van der Waals surface area contributed by atoms with Crippen LogP contribution < -0.4 is 5.32 Å². The fourth-order valence-electron chi connectivity index (χ4n) is 2.44. The van der Waals surface area contributed by atoms with Crippen molar-refractivity contribution in [2.75, 3.05) is 0 Å². The first-order valence-corrected chi connectivity index (χ1v) is 8.54. The zero-order chi connectivity index (χ0) is 17.4. The van der Waals surface area contributed by atoms with Crippen molar-refractivity contribution in [2.24, 2.45) is 0 Å². The summed E-state index contributed by atoms with van der Waals surface area (Å²) in [6.07, 6.45) is 0. The van der Waals surface area contributed by atoms with Crippen LogP contribution >= 0.6 is 11.3 Å². The fraction of sp³-hybridized carbons (Fsp3) is 0.176. The van der Waals surface area contributed by atoms with E-state index in [0.717, 1.165) is 22.1 Å². The number of hydrogen-bond donors (Lipinski definition) is 1. The molecule has 1 N–H and O–H groups in total. The van der Waals surface area contributed by atoms with Gasteiger partial charge in [-0.3, -0.25) is 4.79 Å². The van der Waals surface area contributed by atoms with Gasteiger partial charge >= 0.3 is 0 Å². The van der Waals surface area contributed by atoms with E-state index in [1.807, 2.05) is 44.2 Å². The maximum Gasteiger partial charge on any atom is 0.261 e. The summed E-state index contributed by atoms with van der Waals surface area (Å²) in [5.41, 5.74) is 1.51. The molecule has 0 saturated carbocycles. The highest BCUT2D eigenvalue weighted by Gasteiger charge is 2.14. The first-order valence-electron chi connectivity index (χ1n) is 7.73. The van der Waals surface area contributed by atoms with Gasteiger partial charge in [0.1, 0.15) is 11.5 Å². The summed E-state index contributed by atoms with van der Waals surface area (Å²) in [4.78, 5) is 13.9. The van der Waals surface area contributed by atoms with E-state index in [2.05, 4.69) is 20.6 Å². The summed E-state index contributed by atoms with van der Waals surface area (Å²) in [6.45, 7) is 4.04. The van der Waals surface area contributed by atoms with E-state index >= 15 is 0 Å². The van der Waals surface area contributed by atoms with Crippen LogP contribution in [0.15, 0.2) is 40.8 Å². The molecule has 4 aromatic heterocycles. The van der Waals surface area contributed by atoms with Gasteiger partial charge in [-0.1, -0.05) is 0 Å². The fourth-order valence-corrected chi connectivity index (χ4v) is 3.33. The van der Waals surface area contributed by atoms with Gasteiger partial charge in [-0.25, -0.2) is 0 Å². The third kappa shape index (κ3) is 3.03. The Balaban J connectivity index is 1.48. The van der Waals surface area contributed by atoms with E-state index in [-0.39, 0.29) is 12.5 Å². The predicted molar refractivity (Wildman–Crippen MR) is 93.4 cm³/mol. The van der Waals surface area contributed by atoms with Crippen molar-refractivity contribution in [1.29, 1.82) is 0 Å². The second-order valence-electron chi connectivity index (χ2n) is 5.62. The number of rotatable bonds is 4. The molecule has 4 aromatic rings. The van der Waals surface area contributed by atoms with E-state index in [4.69, 9.17) is 4.42 Å². The molecular formula is C17H15N5O2S. The molecule has 4 heterocycles. The van der Waals surface area contributed by atoms with Crippen molar-refractivity contribution >= 4 is 22.9 Å². The quantitative estimate of drug-likeness (QED) is 0.609. The number of amides is 1. The average Bonchev–Trinajstić information content (AvgIpc) is 3.31. The summed E-state index contributed by atoms with van der Waals surface area (Å²) in [5.74, 6) is 2.04. The second-order valence-corrected chi connectivity index (χ2v) is 6.70. The van der Waals surface area contributed by atoms with Gasteiger partial charge in [0.25, 0.3) is 5.91 Å². The summed E-state index contributed by atoms with van der Waals surface area (Å²) in [6, 6.07) is 11.2. The van der Waals surface area contributed by atoms with Gasteiger partial charge in [0, 0.05) is 0 Å². The molecule has 0 unspecified atom stereocenters. The molecule has 1 amide bonds. The molecule has 0 radical (unpaired) electrons. The Morgan fingerprint density at radius 2 is 2.04 bits per heavy atom. The van der Waals surface area contributed by atoms with Crippen molar-refractivity contribution in [1.82, 2.24) is 25.1 Å². The van der Waals surface area contributed by atoms with E-state index in [9.17, 15) is 4.79 Å². The average molecular weight is 353 g/mol. The number of nitrogens with zero attached hydrogens (tertiary/aromatic N) is 4. The molecule has 8 heteroatoms. The molecule has 0 bridgehead atoms. The lowest BCUT2D eigenvalue weighted by Gasteiger charge is -2.02. The molecule has 4 rings (SSSR count). The van der Waals surface area contributed by atoms with Crippen molar-refractivity contribution in [3.05, 3.63) is 58.6 Å². The highest BCUT2D eigenvalue weighted by Crippen LogP contribution is 2.29. The van der Waals surface area contributed by atoms with Crippen LogP contribution in [0.1, 0.15) is 27.0 Å². The number of carbonyl (C=O) groups excluding carboxylic acids is 1. The van der Waals surface area contributed by atoms with Crippen molar-refractivity contribution in [3.8, 4) is 10.6 Å². The van der Waals surface area contributed by atoms with Crippen LogP contribution in [-0.4, -0.2) is 25.7 Å². The second kappa shape index (κ2) is 6.14. The lowest BCUT2D eigenvalue weighted by Crippen LogP contribution is -2.23. The van der Waals surface area contributed by atoms with Crippen LogP contribution in [0.4, 0.5) is 0 Å². The molecule has 126 valence electrons. The summed E-state index contributed by atoms with van der Waals surface area (Å²) < 4.78 is 7.23. The Hall–Kier alpha value is -3.00. The van der Waals surface area contributed by atoms with Gasteiger partial charge < -0.3 is 9.73 Å². The molecule has 0 spiro atoms. The number of fused-ring (bicyclic) bond motifs is 1. The van der Waals surface area contributed by atoms with Gasteiger partial charge in [0.05, 0.1) is 22.0 Å². The van der Waals surface area contributed by atoms with Crippen molar-refractivity contribution in [3.63, 3.8) is 0 Å². The summed E-state index contributed by atoms with van der Waals surface area (Å²) in [5, 5.41) is 15.4. The normalized spacial score (nSPS) is 11.1. The Labute approximate surface area is 147 Å². The van der Waals surface area contributed by atoms with Crippen LogP contribution in [-0.2, 0) is 6.54 Å². The Morgan fingerprint density at radius 3 is 2.84 bits per heavy atom. The Kier molecular flexibility index (Phi) is 3.81. The number of furan rings is 1. The van der Waals surface area contributed by atoms with Gasteiger partial charge in [-0.15, -0.1) is 21.5 Å². The van der Waals surface area contributed by atoms with Gasteiger partial charge in [-0.05, 0) is 50.2 Å². The minimum Gasteiger partial charge on any atom is -0.461 e. The molecule has 0 aromatic carbocycles. The number of aromatic nitrogens is 4. The Morgan fingerprint density at radius 1 is 1.16 bits per heavy atom. The SMILES string of the molecule is Cc1ccc2nnc(CNC(=O)c3ccc(-c4ccc(C)o4)s3)n2n1. The summed E-state index contributed by atoms with van der Waals surface area (Å²) in [7, 11) is 0. The van der Waals surface area contributed by atoms with Gasteiger partial charge in [0.15, 0.2) is 11.5 Å². The molecule has 0 aliphatic heterocycles. The minimum absolute atomic E-state index is 0.163. The molecule has 0 aliphatic carbocycles. The number of carbonyl (C=O) groups is 1. The van der Waals surface area contributed by atoms with Crippen LogP contribution in [0.5, 0.6) is 0 Å². The van der Waals surface area contributed by atoms with Crippen LogP contribution in [0, 0.1) is 13.8 Å². The van der Waals surface area contributed by atoms with E-state index < -0.39 is 0 Å². The lowest BCUT2D eigenvalue weighted by atomic mass is 10.3. The number of nitrogens with one attached hydrogen (secondary N) is 1. The molecule has 0 aliphatic rings. The minimum atomic E-state index is -0.163.